The van der Waals surface area contributed by atoms with Gasteiger partial charge in [0, 0.05) is 10.4 Å². The zero-order valence-corrected chi connectivity index (χ0v) is 13.2. The van der Waals surface area contributed by atoms with Crippen LogP contribution in [0.15, 0.2) is 42.5 Å². The molecule has 0 saturated heterocycles. The fraction of sp³-hybridized carbons (Fsp3) is 0.176. The van der Waals surface area contributed by atoms with E-state index in [-0.39, 0.29) is 6.10 Å². The van der Waals surface area contributed by atoms with E-state index < -0.39 is 0 Å². The quantitative estimate of drug-likeness (QED) is 0.681. The molecule has 0 aliphatic heterocycles. The van der Waals surface area contributed by atoms with Gasteiger partial charge in [0.25, 0.3) is 0 Å². The lowest BCUT2D eigenvalue weighted by molar-refractivity contribution is 0.0939. The first-order chi connectivity index (χ1) is 9.79. The highest BCUT2D eigenvalue weighted by Crippen LogP contribution is 2.36. The summed E-state index contributed by atoms with van der Waals surface area (Å²) in [5.41, 5.74) is 4.66. The average Bonchev–Trinajstić information content (AvgIpc) is 2.62. The van der Waals surface area contributed by atoms with Gasteiger partial charge in [0.2, 0.25) is 0 Å². The number of alkyl halides is 1. The highest BCUT2D eigenvalue weighted by molar-refractivity contribution is 9.09. The van der Waals surface area contributed by atoms with Gasteiger partial charge in [-0.05, 0) is 34.4 Å². The maximum atomic E-state index is 6.17. The number of ether oxygens (including phenoxy) is 1. The highest BCUT2D eigenvalue weighted by atomic mass is 79.9. The van der Waals surface area contributed by atoms with Crippen LogP contribution in [0.4, 0.5) is 0 Å². The van der Waals surface area contributed by atoms with E-state index in [1.807, 2.05) is 30.3 Å². The second kappa shape index (κ2) is 6.13. The first-order valence-electron chi connectivity index (χ1n) is 6.53. The van der Waals surface area contributed by atoms with E-state index in [4.69, 9.17) is 16.3 Å². The fourth-order valence-corrected chi connectivity index (χ4v) is 2.88. The molecule has 1 aliphatic carbocycles. The van der Waals surface area contributed by atoms with Gasteiger partial charge in [0.05, 0.1) is 6.61 Å². The van der Waals surface area contributed by atoms with E-state index in [2.05, 4.69) is 40.2 Å². The molecule has 102 valence electrons. The largest absolute Gasteiger partial charge is 0.368 e. The van der Waals surface area contributed by atoms with Crippen molar-refractivity contribution in [2.75, 3.05) is 11.9 Å². The minimum Gasteiger partial charge on any atom is -0.368 e. The van der Waals surface area contributed by atoms with Crippen LogP contribution in [-0.2, 0) is 4.74 Å². The van der Waals surface area contributed by atoms with E-state index in [1.165, 1.54) is 11.1 Å². The van der Waals surface area contributed by atoms with Crippen molar-refractivity contribution in [2.45, 2.75) is 6.10 Å². The lowest BCUT2D eigenvalue weighted by atomic mass is 9.96. The normalized spacial score (nSPS) is 16.4. The van der Waals surface area contributed by atoms with Gasteiger partial charge in [-0.3, -0.25) is 0 Å². The second-order valence-corrected chi connectivity index (χ2v) is 5.90. The molecule has 0 radical (unpaired) electrons. The van der Waals surface area contributed by atoms with Crippen LogP contribution in [0.5, 0.6) is 0 Å². The Morgan fingerprint density at radius 2 is 1.75 bits per heavy atom. The van der Waals surface area contributed by atoms with Crippen molar-refractivity contribution < 1.29 is 4.74 Å². The van der Waals surface area contributed by atoms with Crippen LogP contribution < -0.4 is 0 Å². The summed E-state index contributed by atoms with van der Waals surface area (Å²) in [5.74, 6) is 0. The molecular formula is C17H14BrClO. The van der Waals surface area contributed by atoms with Crippen LogP contribution in [0.25, 0.3) is 12.2 Å². The van der Waals surface area contributed by atoms with Gasteiger partial charge in [-0.25, -0.2) is 0 Å². The number of hydrogen-bond donors (Lipinski definition) is 0. The Bertz CT molecular complexity index is 651. The molecule has 0 aromatic heterocycles. The molecule has 0 saturated carbocycles. The van der Waals surface area contributed by atoms with Crippen molar-refractivity contribution in [3.05, 3.63) is 69.7 Å². The van der Waals surface area contributed by atoms with Crippen molar-refractivity contribution in [1.82, 2.24) is 0 Å². The standard InChI is InChI=1S/C17H14BrClO/c18-9-10-20-17-15-4-2-1-3-12(15)5-6-13-7-8-14(19)11-16(13)17/h1-8,11,17H,9-10H2/t17-/m0/s1. The topological polar surface area (TPSA) is 9.23 Å². The number of hydrogen-bond acceptors (Lipinski definition) is 1. The molecule has 0 amide bonds. The Labute approximate surface area is 132 Å². The summed E-state index contributed by atoms with van der Waals surface area (Å²) < 4.78 is 6.07. The van der Waals surface area contributed by atoms with Crippen molar-refractivity contribution in [3.63, 3.8) is 0 Å². The Morgan fingerprint density at radius 1 is 1.00 bits per heavy atom. The summed E-state index contributed by atoms with van der Waals surface area (Å²) >= 11 is 9.59. The molecule has 1 atom stereocenters. The number of rotatable bonds is 3. The Kier molecular flexibility index (Phi) is 4.25. The Morgan fingerprint density at radius 3 is 2.55 bits per heavy atom. The molecule has 1 nitrogen and oxygen atoms in total. The molecule has 0 fully saturated rings. The van der Waals surface area contributed by atoms with Crippen molar-refractivity contribution >= 4 is 39.7 Å². The van der Waals surface area contributed by atoms with E-state index >= 15 is 0 Å². The molecule has 0 unspecified atom stereocenters. The summed E-state index contributed by atoms with van der Waals surface area (Å²) in [6, 6.07) is 14.3. The third-order valence-corrected chi connectivity index (χ3v) is 3.97. The first-order valence-corrected chi connectivity index (χ1v) is 8.03. The average molecular weight is 350 g/mol. The minimum atomic E-state index is -0.0764. The van der Waals surface area contributed by atoms with Gasteiger partial charge >= 0.3 is 0 Å². The molecule has 0 N–H and O–H groups in total. The minimum absolute atomic E-state index is 0.0764. The third-order valence-electron chi connectivity index (χ3n) is 3.41. The van der Waals surface area contributed by atoms with E-state index in [0.29, 0.717) is 6.61 Å². The summed E-state index contributed by atoms with van der Waals surface area (Å²) in [5, 5.41) is 1.55. The predicted molar refractivity (Wildman–Crippen MR) is 88.4 cm³/mol. The summed E-state index contributed by atoms with van der Waals surface area (Å²) in [7, 11) is 0. The number of benzene rings is 2. The van der Waals surface area contributed by atoms with Crippen LogP contribution in [0, 0.1) is 0 Å². The highest BCUT2D eigenvalue weighted by Gasteiger charge is 2.22. The lowest BCUT2D eigenvalue weighted by Crippen LogP contribution is -2.10. The number of halogens is 2. The first kappa shape index (κ1) is 13.9. The Hall–Kier alpha value is -1.09. The van der Waals surface area contributed by atoms with Gasteiger partial charge in [-0.15, -0.1) is 0 Å². The zero-order chi connectivity index (χ0) is 13.9. The molecule has 2 aromatic carbocycles. The van der Waals surface area contributed by atoms with Gasteiger partial charge < -0.3 is 4.74 Å². The molecule has 0 spiro atoms. The molecule has 0 bridgehead atoms. The molecule has 2 aromatic rings. The van der Waals surface area contributed by atoms with Gasteiger partial charge in [-0.1, -0.05) is 70.0 Å². The van der Waals surface area contributed by atoms with E-state index in [1.54, 1.807) is 0 Å². The molecular weight excluding hydrogens is 336 g/mol. The van der Waals surface area contributed by atoms with Gasteiger partial charge in [0.15, 0.2) is 0 Å². The molecule has 1 aliphatic rings. The summed E-state index contributed by atoms with van der Waals surface area (Å²) in [6.45, 7) is 0.658. The van der Waals surface area contributed by atoms with Crippen molar-refractivity contribution in [3.8, 4) is 0 Å². The monoisotopic (exact) mass is 348 g/mol. The molecule has 0 heterocycles. The summed E-state index contributed by atoms with van der Waals surface area (Å²) in [6.07, 6.45) is 4.19. The molecule has 3 rings (SSSR count). The smallest absolute Gasteiger partial charge is 0.109 e. The van der Waals surface area contributed by atoms with E-state index in [0.717, 1.165) is 21.5 Å². The summed E-state index contributed by atoms with van der Waals surface area (Å²) in [4.78, 5) is 0. The number of fused-ring (bicyclic) bond motifs is 2. The maximum Gasteiger partial charge on any atom is 0.109 e. The predicted octanol–water partition coefficient (Wildman–Crippen LogP) is 5.32. The van der Waals surface area contributed by atoms with Crippen LogP contribution >= 0.6 is 27.5 Å². The van der Waals surface area contributed by atoms with Gasteiger partial charge in [-0.2, -0.15) is 0 Å². The Balaban J connectivity index is 2.15. The van der Waals surface area contributed by atoms with Crippen molar-refractivity contribution in [2.24, 2.45) is 0 Å². The van der Waals surface area contributed by atoms with Crippen molar-refractivity contribution in [1.29, 1.82) is 0 Å². The second-order valence-electron chi connectivity index (χ2n) is 4.68. The lowest BCUT2D eigenvalue weighted by Gasteiger charge is -2.20. The molecule has 20 heavy (non-hydrogen) atoms. The van der Waals surface area contributed by atoms with Crippen LogP contribution in [-0.4, -0.2) is 11.9 Å². The SMILES string of the molecule is Clc1ccc2c(c1)[C@@H](OCCBr)c1ccccc1C=C2. The van der Waals surface area contributed by atoms with Crippen LogP contribution in [0.3, 0.4) is 0 Å². The van der Waals surface area contributed by atoms with Crippen LogP contribution in [0.1, 0.15) is 28.4 Å². The van der Waals surface area contributed by atoms with Gasteiger partial charge in [0.1, 0.15) is 6.10 Å². The fourth-order valence-electron chi connectivity index (χ4n) is 2.51. The zero-order valence-electron chi connectivity index (χ0n) is 10.9. The third kappa shape index (κ3) is 2.69. The molecule has 3 heteroatoms. The van der Waals surface area contributed by atoms with E-state index in [9.17, 15) is 0 Å². The van der Waals surface area contributed by atoms with Crippen LogP contribution in [0.2, 0.25) is 5.02 Å². The maximum absolute atomic E-state index is 6.17.